The second-order valence-corrected chi connectivity index (χ2v) is 27.1. The SMILES string of the molecule is [C-]#[N+]C1(C(=O)N[C@H](C(=O)N2C[C@H](O)C[C@H]2C(=O)NCc2ccc(-c3scnc3C)cc2OCCOCCOCCOCCOCCOc2cc(-c3scnc3C)ccc2CNC(=O)[C@@H]2C[C@@H](O)CN2C(=O)[C@@H](NC(=O)C2(C#N)CC2)C(C)(C)C)C(C)(C)C)CC1. The number of hydrogen-bond donors (Lipinski definition) is 6. The lowest BCUT2D eigenvalue weighted by Gasteiger charge is -2.35. The molecule has 8 rings (SSSR count). The van der Waals surface area contributed by atoms with Crippen molar-refractivity contribution in [3.8, 4) is 38.4 Å². The van der Waals surface area contributed by atoms with Crippen LogP contribution in [0.4, 0.5) is 0 Å². The zero-order valence-corrected chi connectivity index (χ0v) is 54.2. The number of thiazole rings is 2. The molecule has 486 valence electrons. The first kappa shape index (κ1) is 68.8. The molecular formula is C64H84N10O14S2. The van der Waals surface area contributed by atoms with Crippen molar-refractivity contribution in [3.05, 3.63) is 81.4 Å². The Balaban J connectivity index is 0.735. The van der Waals surface area contributed by atoms with Crippen molar-refractivity contribution in [2.45, 2.75) is 149 Å². The molecule has 0 spiro atoms. The van der Waals surface area contributed by atoms with E-state index in [2.05, 4.69) is 42.1 Å². The molecule has 6 atom stereocenters. The van der Waals surface area contributed by atoms with Gasteiger partial charge in [0, 0.05) is 63.0 Å². The summed E-state index contributed by atoms with van der Waals surface area (Å²) in [6.07, 6.45) is -0.176. The molecule has 6 amide bonds. The Kier molecular flexibility index (Phi) is 23.2. The molecule has 2 aromatic carbocycles. The van der Waals surface area contributed by atoms with E-state index in [4.69, 9.17) is 35.0 Å². The van der Waals surface area contributed by atoms with E-state index in [1.165, 1.54) is 32.5 Å². The van der Waals surface area contributed by atoms with Gasteiger partial charge in [0.05, 0.1) is 103 Å². The average molecular weight is 1280 g/mol. The molecule has 4 aliphatic rings. The zero-order valence-electron chi connectivity index (χ0n) is 52.5. The number of nitrogens with one attached hydrogen (secondary N) is 4. The fourth-order valence-electron chi connectivity index (χ4n) is 10.7. The molecule has 2 aliphatic heterocycles. The fraction of sp³-hybridized carbons (Fsp3) is 0.594. The summed E-state index contributed by atoms with van der Waals surface area (Å²) in [5, 5.41) is 42.5. The quantitative estimate of drug-likeness (QED) is 0.0284. The van der Waals surface area contributed by atoms with Gasteiger partial charge in [-0.25, -0.2) is 16.5 Å². The number of nitrogens with zero attached hydrogens (tertiary/aromatic N) is 6. The van der Waals surface area contributed by atoms with Gasteiger partial charge in [0.1, 0.15) is 54.3 Å². The molecule has 0 unspecified atom stereocenters. The molecule has 0 bridgehead atoms. The second-order valence-electron chi connectivity index (χ2n) is 25.4. The van der Waals surface area contributed by atoms with Gasteiger partial charge >= 0.3 is 11.4 Å². The maximum atomic E-state index is 14.1. The molecule has 4 fully saturated rings. The molecule has 24 nitrogen and oxygen atoms in total. The minimum absolute atomic E-state index is 0.0172. The number of ether oxygens (including phenoxy) is 6. The van der Waals surface area contributed by atoms with Crippen LogP contribution in [0.5, 0.6) is 11.5 Å². The van der Waals surface area contributed by atoms with Crippen LogP contribution in [0.3, 0.4) is 0 Å². The number of likely N-dealkylation sites (tertiary alicyclic amines) is 2. The van der Waals surface area contributed by atoms with Gasteiger partial charge < -0.3 is 69.7 Å². The topological polar surface area (TPSA) is 307 Å². The Morgan fingerprint density at radius 1 is 0.644 bits per heavy atom. The monoisotopic (exact) mass is 1280 g/mol. The third-order valence-corrected chi connectivity index (χ3v) is 18.4. The molecule has 4 heterocycles. The van der Waals surface area contributed by atoms with Crippen LogP contribution in [-0.2, 0) is 60.8 Å². The van der Waals surface area contributed by atoms with Crippen LogP contribution in [0.15, 0.2) is 47.4 Å². The van der Waals surface area contributed by atoms with Crippen LogP contribution in [0.2, 0.25) is 0 Å². The number of β-amino-alcohol motifs (C(OH)–C–C–N with tert-alkyl or cyclic N) is 2. The third-order valence-electron chi connectivity index (χ3n) is 16.4. The minimum Gasteiger partial charge on any atom is -0.491 e. The van der Waals surface area contributed by atoms with E-state index in [9.17, 15) is 44.2 Å². The van der Waals surface area contributed by atoms with Crippen molar-refractivity contribution in [1.29, 1.82) is 5.26 Å². The van der Waals surface area contributed by atoms with Gasteiger partial charge in [0.15, 0.2) is 0 Å². The maximum Gasteiger partial charge on any atom is 0.309 e. The first-order valence-electron chi connectivity index (χ1n) is 30.5. The highest BCUT2D eigenvalue weighted by atomic mass is 32.1. The summed E-state index contributed by atoms with van der Waals surface area (Å²) in [6, 6.07) is 9.39. The molecule has 2 saturated carbocycles. The Hall–Kier alpha value is -7.14. The van der Waals surface area contributed by atoms with E-state index in [-0.39, 0.29) is 65.4 Å². The van der Waals surface area contributed by atoms with Crippen molar-refractivity contribution in [2.75, 3.05) is 79.2 Å². The highest BCUT2D eigenvalue weighted by molar-refractivity contribution is 7.13. The first-order valence-corrected chi connectivity index (χ1v) is 32.2. The number of aliphatic hydroxyl groups is 2. The highest BCUT2D eigenvalue weighted by Gasteiger charge is 2.60. The lowest BCUT2D eigenvalue weighted by atomic mass is 9.85. The van der Waals surface area contributed by atoms with Crippen molar-refractivity contribution in [2.24, 2.45) is 16.2 Å². The number of hydrogen-bond acceptors (Lipinski definition) is 19. The summed E-state index contributed by atoms with van der Waals surface area (Å²) in [7, 11) is 0. The van der Waals surface area contributed by atoms with E-state index < -0.39 is 93.6 Å². The molecule has 2 aromatic heterocycles. The second kappa shape index (κ2) is 30.3. The molecule has 90 heavy (non-hydrogen) atoms. The van der Waals surface area contributed by atoms with E-state index in [0.29, 0.717) is 88.0 Å². The number of aromatic nitrogens is 2. The van der Waals surface area contributed by atoms with E-state index in [1.54, 1.807) is 52.6 Å². The Labute approximate surface area is 533 Å². The normalized spacial score (nSPS) is 19.6. The number of aliphatic hydroxyl groups excluding tert-OH is 2. The number of rotatable bonds is 31. The Morgan fingerprint density at radius 3 is 1.37 bits per heavy atom. The first-order chi connectivity index (χ1) is 42.9. The summed E-state index contributed by atoms with van der Waals surface area (Å²) < 4.78 is 35.5. The van der Waals surface area contributed by atoms with Crippen molar-refractivity contribution >= 4 is 58.1 Å². The van der Waals surface area contributed by atoms with Gasteiger partial charge in [-0.2, -0.15) is 5.26 Å². The van der Waals surface area contributed by atoms with Crippen LogP contribution in [0.1, 0.15) is 103 Å². The predicted octanol–water partition coefficient (Wildman–Crippen LogP) is 5.05. The Morgan fingerprint density at radius 2 is 1.03 bits per heavy atom. The number of amides is 6. The lowest BCUT2D eigenvalue weighted by Crippen LogP contribution is -2.59. The highest BCUT2D eigenvalue weighted by Crippen LogP contribution is 2.46. The lowest BCUT2D eigenvalue weighted by molar-refractivity contribution is -0.144. The van der Waals surface area contributed by atoms with Crippen LogP contribution in [-0.4, -0.2) is 186 Å². The van der Waals surface area contributed by atoms with E-state index in [1.807, 2.05) is 50.2 Å². The summed E-state index contributed by atoms with van der Waals surface area (Å²) in [5.41, 5.74) is 4.58. The average Bonchev–Trinajstić information content (AvgIpc) is 1.72. The molecule has 2 saturated heterocycles. The summed E-state index contributed by atoms with van der Waals surface area (Å²) in [6.45, 7) is 24.9. The van der Waals surface area contributed by atoms with Crippen LogP contribution < -0.4 is 30.7 Å². The summed E-state index contributed by atoms with van der Waals surface area (Å²) in [4.78, 5) is 99.0. The van der Waals surface area contributed by atoms with Crippen molar-refractivity contribution < 1.29 is 67.4 Å². The van der Waals surface area contributed by atoms with Crippen molar-refractivity contribution in [1.82, 2.24) is 41.0 Å². The van der Waals surface area contributed by atoms with E-state index in [0.717, 1.165) is 32.3 Å². The van der Waals surface area contributed by atoms with Gasteiger partial charge in [0.2, 0.25) is 29.5 Å². The summed E-state index contributed by atoms with van der Waals surface area (Å²) >= 11 is 2.99. The van der Waals surface area contributed by atoms with Crippen LogP contribution in [0, 0.1) is 48.0 Å². The molecular weight excluding hydrogens is 1200 g/mol. The third kappa shape index (κ3) is 17.5. The molecule has 6 N–H and O–H groups in total. The number of carbonyl (C=O) groups is 6. The fourth-order valence-corrected chi connectivity index (χ4v) is 12.3. The number of aryl methyl sites for hydroxylation is 2. The smallest absolute Gasteiger partial charge is 0.309 e. The minimum atomic E-state index is -1.16. The van der Waals surface area contributed by atoms with Gasteiger partial charge in [0.25, 0.3) is 0 Å². The zero-order chi connectivity index (χ0) is 65.0. The maximum absolute atomic E-state index is 14.1. The number of nitriles is 1. The van der Waals surface area contributed by atoms with E-state index >= 15 is 0 Å². The van der Waals surface area contributed by atoms with Gasteiger partial charge in [-0.1, -0.05) is 65.8 Å². The largest absolute Gasteiger partial charge is 0.491 e. The number of carbonyl (C=O) groups excluding carboxylic acids is 6. The van der Waals surface area contributed by atoms with Crippen molar-refractivity contribution in [3.63, 3.8) is 0 Å². The standard InChI is InChI=1S/C64H84N10O14S2/c1-39-51(89-37-69-39)41-10-12-43(32-67-55(77)47-30-45(75)34-73(47)57(79)53(61(3,4)5)71-59(81)63(36-65)14-15-63)49(28-41)87-26-24-85-22-20-83-18-19-84-21-23-86-25-27-88-50-29-42(52-40(2)70-38-90-52)11-13-44(50)33-68-56(78)48-31-46(76)35-74(48)58(80)54(62(6,7)8)72-60(82)64(66-9)16-17-64/h10-13,28-29,37-38,45-48,53-54,75-76H,14-27,30-35H2,1-8H3,(H,67,77)(H,68,78)(H,71,81)(H,72,82)/t45-,46-,47+,48+,53-,54-/m1/s1. The van der Waals surface area contributed by atoms with Crippen LogP contribution in [0.25, 0.3) is 25.7 Å². The Bertz CT molecular complexity index is 3070. The summed E-state index contributed by atoms with van der Waals surface area (Å²) in [5.74, 6) is -1.91. The molecule has 0 radical (unpaired) electrons. The number of benzene rings is 2. The van der Waals surface area contributed by atoms with Gasteiger partial charge in [-0.05, 0) is 60.8 Å². The predicted molar refractivity (Wildman–Crippen MR) is 333 cm³/mol. The van der Waals surface area contributed by atoms with Gasteiger partial charge in [-0.3, -0.25) is 33.6 Å². The van der Waals surface area contributed by atoms with Gasteiger partial charge in [-0.15, -0.1) is 22.7 Å². The molecule has 2 aliphatic carbocycles. The molecule has 26 heteroatoms. The molecule has 4 aromatic rings. The van der Waals surface area contributed by atoms with Crippen LogP contribution >= 0.6 is 22.7 Å².